The number of nitrogens with one attached hydrogen (secondary N) is 1. The average Bonchev–Trinajstić information content (AvgIpc) is 2.84. The monoisotopic (exact) mass is 647 g/mol. The summed E-state index contributed by atoms with van der Waals surface area (Å²) in [6.45, 7) is 20.2. The standard InChI is InChI=1S/C15H31NO6Si.C11H14O2.C4H5ClO2/c1-11(17)12(16-14(19)22-15(2,3)4)13(18)21-10-20-8-9-23(5,6)7;1-2-10(11(12)13)8-9-6-4-3-5-7-9;1-3(2)7-4(5)6/h11-12,17H,8-10H2,1-7H3,(H,16,19);3-7,10H,2,8H2,1H3,(H,12,13);1H2,2H3/t11-,12+;10-;/m10./s1. The number of aliphatic carboxylic acids is 1. The highest BCUT2D eigenvalue weighted by molar-refractivity contribution is 6.76. The minimum atomic E-state index is -1.20. The largest absolute Gasteiger partial charge is 0.481 e. The van der Waals surface area contributed by atoms with Crippen LogP contribution in [0.15, 0.2) is 42.7 Å². The lowest BCUT2D eigenvalue weighted by molar-refractivity contribution is -0.161. The number of carboxylic acid groups (broad SMARTS) is 1. The Balaban J connectivity index is 0. The second kappa shape index (κ2) is 21.7. The maximum Gasteiger partial charge on any atom is 0.408 e. The van der Waals surface area contributed by atoms with Crippen molar-refractivity contribution in [1.82, 2.24) is 5.32 Å². The molecule has 13 heteroatoms. The van der Waals surface area contributed by atoms with Crippen LogP contribution in [-0.4, -0.2) is 72.9 Å². The predicted octanol–water partition coefficient (Wildman–Crippen LogP) is 6.35. The average molecular weight is 648 g/mol. The summed E-state index contributed by atoms with van der Waals surface area (Å²) in [5, 5.41) is 20.8. The number of hydrogen-bond acceptors (Lipinski definition) is 9. The fourth-order valence-electron chi connectivity index (χ4n) is 2.88. The fourth-order valence-corrected chi connectivity index (χ4v) is 3.77. The first-order valence-electron chi connectivity index (χ1n) is 13.9. The smallest absolute Gasteiger partial charge is 0.408 e. The molecule has 11 nitrogen and oxygen atoms in total. The van der Waals surface area contributed by atoms with E-state index in [-0.39, 0.29) is 12.7 Å². The number of carbonyl (C=O) groups is 4. The zero-order valence-electron chi connectivity index (χ0n) is 26.9. The van der Waals surface area contributed by atoms with Gasteiger partial charge in [0.2, 0.25) is 0 Å². The number of halogens is 1. The maximum absolute atomic E-state index is 11.9. The van der Waals surface area contributed by atoms with E-state index in [9.17, 15) is 24.3 Å². The summed E-state index contributed by atoms with van der Waals surface area (Å²) < 4.78 is 19.4. The zero-order chi connectivity index (χ0) is 33.8. The van der Waals surface area contributed by atoms with Crippen LogP contribution in [-0.2, 0) is 35.0 Å². The lowest BCUT2D eigenvalue weighted by atomic mass is 9.97. The molecule has 0 bridgehead atoms. The highest BCUT2D eigenvalue weighted by atomic mass is 35.5. The van der Waals surface area contributed by atoms with Crippen molar-refractivity contribution in [2.24, 2.45) is 5.92 Å². The summed E-state index contributed by atoms with van der Waals surface area (Å²) in [5.41, 5.74) is -0.443. The van der Waals surface area contributed by atoms with Crippen molar-refractivity contribution in [3.8, 4) is 0 Å². The molecule has 43 heavy (non-hydrogen) atoms. The van der Waals surface area contributed by atoms with Crippen LogP contribution in [0, 0.1) is 5.92 Å². The van der Waals surface area contributed by atoms with E-state index in [1.165, 1.54) is 6.92 Å². The topological polar surface area (TPSA) is 158 Å². The first-order chi connectivity index (χ1) is 19.7. The van der Waals surface area contributed by atoms with Crippen molar-refractivity contribution < 1.29 is 48.3 Å². The first-order valence-corrected chi connectivity index (χ1v) is 18.0. The molecule has 0 heterocycles. The van der Waals surface area contributed by atoms with Gasteiger partial charge < -0.3 is 34.5 Å². The number of benzene rings is 1. The number of aliphatic hydroxyl groups excluding tert-OH is 1. The molecule has 0 unspecified atom stereocenters. The van der Waals surface area contributed by atoms with Gasteiger partial charge in [0.1, 0.15) is 5.60 Å². The third kappa shape index (κ3) is 26.4. The molecule has 3 N–H and O–H groups in total. The number of hydrogen-bond donors (Lipinski definition) is 3. The number of rotatable bonds is 13. The van der Waals surface area contributed by atoms with E-state index >= 15 is 0 Å². The summed E-state index contributed by atoms with van der Waals surface area (Å²) in [4.78, 5) is 44.1. The molecule has 0 saturated heterocycles. The van der Waals surface area contributed by atoms with Crippen molar-refractivity contribution in [3.05, 3.63) is 48.2 Å². The number of carboxylic acids is 1. The predicted molar refractivity (Wildman–Crippen MR) is 169 cm³/mol. The third-order valence-corrected chi connectivity index (χ3v) is 6.89. The quantitative estimate of drug-likeness (QED) is 0.0419. The van der Waals surface area contributed by atoms with Crippen LogP contribution >= 0.6 is 11.6 Å². The number of ether oxygens (including phenoxy) is 4. The van der Waals surface area contributed by atoms with Crippen LogP contribution in [0.25, 0.3) is 0 Å². The van der Waals surface area contributed by atoms with Crippen LogP contribution in [0.3, 0.4) is 0 Å². The Morgan fingerprint density at radius 1 is 1.09 bits per heavy atom. The van der Waals surface area contributed by atoms with E-state index in [1.54, 1.807) is 27.7 Å². The van der Waals surface area contributed by atoms with Crippen LogP contribution in [0.4, 0.5) is 9.59 Å². The van der Waals surface area contributed by atoms with Crippen molar-refractivity contribution >= 4 is 43.1 Å². The summed E-state index contributed by atoms with van der Waals surface area (Å²) in [6.07, 6.45) is -0.589. The SMILES string of the molecule is C=C(C)OC(=O)Cl.CC[C@@H](Cc1ccccc1)C(=O)O.C[C@@H](O)[C@H](NC(=O)OC(C)(C)C)C(=O)OCOCC[Si](C)(C)C. The molecule has 0 spiro atoms. The Kier molecular flexibility index (Phi) is 21.3. The second-order valence-corrected chi connectivity index (χ2v) is 17.8. The minimum Gasteiger partial charge on any atom is -0.481 e. The van der Waals surface area contributed by atoms with Crippen LogP contribution in [0.5, 0.6) is 0 Å². The molecule has 246 valence electrons. The van der Waals surface area contributed by atoms with E-state index < -0.39 is 49.3 Å². The molecule has 1 rings (SSSR count). The highest BCUT2D eigenvalue weighted by Gasteiger charge is 2.29. The van der Waals surface area contributed by atoms with Crippen molar-refractivity contribution in [1.29, 1.82) is 0 Å². The number of allylic oxidation sites excluding steroid dienone is 1. The zero-order valence-corrected chi connectivity index (χ0v) is 28.7. The van der Waals surface area contributed by atoms with E-state index in [0.717, 1.165) is 11.6 Å². The molecule has 1 aromatic rings. The molecule has 1 amide bonds. The summed E-state index contributed by atoms with van der Waals surface area (Å²) in [7, 11) is -1.20. The minimum absolute atomic E-state index is 0.206. The van der Waals surface area contributed by atoms with E-state index in [1.807, 2.05) is 37.3 Å². The summed E-state index contributed by atoms with van der Waals surface area (Å²) >= 11 is 4.75. The van der Waals surface area contributed by atoms with Gasteiger partial charge in [-0.25, -0.2) is 14.4 Å². The Morgan fingerprint density at radius 3 is 2.02 bits per heavy atom. The molecule has 1 aromatic carbocycles. The van der Waals surface area contributed by atoms with Gasteiger partial charge in [-0.2, -0.15) is 0 Å². The highest BCUT2D eigenvalue weighted by Crippen LogP contribution is 2.12. The first kappa shape index (κ1) is 42.2. The van der Waals surface area contributed by atoms with Gasteiger partial charge in [0, 0.05) is 26.3 Å². The van der Waals surface area contributed by atoms with Gasteiger partial charge >= 0.3 is 23.5 Å². The van der Waals surface area contributed by atoms with Gasteiger partial charge in [-0.1, -0.05) is 63.5 Å². The Morgan fingerprint density at radius 2 is 1.65 bits per heavy atom. The van der Waals surface area contributed by atoms with Gasteiger partial charge in [-0.15, -0.1) is 0 Å². The molecule has 0 aromatic heterocycles. The molecular weight excluding hydrogens is 598 g/mol. The molecule has 0 saturated carbocycles. The number of amides is 1. The number of carbonyl (C=O) groups excluding carboxylic acids is 3. The number of alkyl carbamates (subject to hydrolysis) is 1. The molecule has 0 aliphatic rings. The molecule has 0 aliphatic heterocycles. The number of aliphatic hydroxyl groups is 1. The Hall–Kier alpha value is -2.93. The van der Waals surface area contributed by atoms with Crippen molar-refractivity contribution in [3.63, 3.8) is 0 Å². The van der Waals surface area contributed by atoms with Crippen LogP contribution < -0.4 is 5.32 Å². The summed E-state index contributed by atoms with van der Waals surface area (Å²) in [6, 6.07) is 9.49. The Bertz CT molecular complexity index is 979. The van der Waals surface area contributed by atoms with Crippen molar-refractivity contribution in [2.75, 3.05) is 13.4 Å². The molecular formula is C30H50ClNO10Si. The number of esters is 1. The molecule has 0 radical (unpaired) electrons. The van der Waals surface area contributed by atoms with Gasteiger partial charge in [0.15, 0.2) is 12.8 Å². The van der Waals surface area contributed by atoms with Crippen molar-refractivity contribution in [2.45, 2.75) is 97.8 Å². The molecule has 0 fully saturated rings. The van der Waals surface area contributed by atoms with Gasteiger partial charge in [-0.3, -0.25) is 4.79 Å². The van der Waals surface area contributed by atoms with Gasteiger partial charge in [-0.05, 0) is 59.1 Å². The Labute approximate surface area is 261 Å². The van der Waals surface area contributed by atoms with E-state index in [2.05, 4.69) is 36.3 Å². The molecule has 3 atom stereocenters. The molecule has 0 aliphatic carbocycles. The lowest BCUT2D eigenvalue weighted by Gasteiger charge is -2.24. The van der Waals surface area contributed by atoms with E-state index in [4.69, 9.17) is 30.9 Å². The van der Waals surface area contributed by atoms with E-state index in [0.29, 0.717) is 25.2 Å². The van der Waals surface area contributed by atoms with Gasteiger partial charge in [0.25, 0.3) is 0 Å². The maximum atomic E-state index is 11.9. The van der Waals surface area contributed by atoms with Gasteiger partial charge in [0.05, 0.1) is 17.8 Å². The summed E-state index contributed by atoms with van der Waals surface area (Å²) in [5.74, 6) is -1.41. The van der Waals surface area contributed by atoms with Crippen LogP contribution in [0.1, 0.15) is 53.5 Å². The lowest BCUT2D eigenvalue weighted by Crippen LogP contribution is -2.50. The fraction of sp³-hybridized carbons (Fsp3) is 0.600. The normalized spacial score (nSPS) is 12.9. The second-order valence-electron chi connectivity index (χ2n) is 11.8. The third-order valence-electron chi connectivity index (χ3n) is 5.11. The van der Waals surface area contributed by atoms with Crippen LogP contribution in [0.2, 0.25) is 25.7 Å².